The monoisotopic (exact) mass is 455 g/mol. The van der Waals surface area contributed by atoms with Gasteiger partial charge in [-0.2, -0.15) is 0 Å². The number of nitrogens with zero attached hydrogens (tertiary/aromatic N) is 1. The largest absolute Gasteiger partial charge is 0.479 e. The van der Waals surface area contributed by atoms with Crippen LogP contribution in [-0.4, -0.2) is 24.5 Å². The summed E-state index contributed by atoms with van der Waals surface area (Å²) >= 11 is 6.31. The second-order valence-corrected chi connectivity index (χ2v) is 7.92. The maximum atomic E-state index is 12.5. The molecule has 0 aliphatic carbocycles. The molecule has 1 aliphatic rings. The number of para-hydroxylation sites is 2. The van der Waals surface area contributed by atoms with Gasteiger partial charge in [0.1, 0.15) is 17.9 Å². The van der Waals surface area contributed by atoms with Gasteiger partial charge in [0.2, 0.25) is 0 Å². The molecule has 0 unspecified atom stereocenters. The molecule has 166 valence electrons. The lowest BCUT2D eigenvalue weighted by molar-refractivity contribution is -0.144. The van der Waals surface area contributed by atoms with E-state index >= 15 is 0 Å². The van der Waals surface area contributed by atoms with Gasteiger partial charge >= 0.3 is 11.6 Å². The van der Waals surface area contributed by atoms with Crippen molar-refractivity contribution in [3.63, 3.8) is 0 Å². The Morgan fingerprint density at radius 2 is 1.94 bits per heavy atom. The van der Waals surface area contributed by atoms with E-state index in [4.69, 9.17) is 25.5 Å². The molecule has 0 spiro atoms. The summed E-state index contributed by atoms with van der Waals surface area (Å²) in [5.41, 5.74) is 1.86. The molecule has 8 heteroatoms. The van der Waals surface area contributed by atoms with Crippen molar-refractivity contribution in [2.45, 2.75) is 39.4 Å². The van der Waals surface area contributed by atoms with Crippen LogP contribution in [0.5, 0.6) is 5.75 Å². The van der Waals surface area contributed by atoms with E-state index in [1.807, 2.05) is 13.0 Å². The summed E-state index contributed by atoms with van der Waals surface area (Å²) < 4.78 is 16.3. The number of amides is 1. The van der Waals surface area contributed by atoms with Gasteiger partial charge in [-0.1, -0.05) is 30.7 Å². The average Bonchev–Trinajstić information content (AvgIpc) is 2.77. The fourth-order valence-electron chi connectivity index (χ4n) is 3.70. The zero-order valence-electron chi connectivity index (χ0n) is 17.7. The maximum absolute atomic E-state index is 12.5. The van der Waals surface area contributed by atoms with Gasteiger partial charge < -0.3 is 18.8 Å². The Hall–Kier alpha value is -3.32. The van der Waals surface area contributed by atoms with E-state index in [1.165, 1.54) is 11.0 Å². The smallest absolute Gasteiger partial charge is 0.336 e. The van der Waals surface area contributed by atoms with Crippen LogP contribution in [-0.2, 0) is 27.4 Å². The second kappa shape index (κ2) is 9.04. The van der Waals surface area contributed by atoms with Gasteiger partial charge in [0, 0.05) is 28.6 Å². The molecule has 1 aliphatic heterocycles. The van der Waals surface area contributed by atoms with E-state index in [1.54, 1.807) is 37.3 Å². The van der Waals surface area contributed by atoms with Gasteiger partial charge in [0.15, 0.2) is 6.10 Å². The predicted molar refractivity (Wildman–Crippen MR) is 120 cm³/mol. The van der Waals surface area contributed by atoms with Crippen LogP contribution in [0.2, 0.25) is 5.02 Å². The van der Waals surface area contributed by atoms with Crippen LogP contribution in [0.3, 0.4) is 0 Å². The van der Waals surface area contributed by atoms with Gasteiger partial charge in [0.25, 0.3) is 5.91 Å². The van der Waals surface area contributed by atoms with Gasteiger partial charge in [-0.05, 0) is 43.2 Å². The first-order valence-electron chi connectivity index (χ1n) is 10.3. The van der Waals surface area contributed by atoms with Gasteiger partial charge in [-0.15, -0.1) is 0 Å². The highest BCUT2D eigenvalue weighted by Crippen LogP contribution is 2.33. The summed E-state index contributed by atoms with van der Waals surface area (Å²) in [6.45, 7) is 3.68. The number of anilines is 1. The first-order chi connectivity index (χ1) is 15.4. The number of carbonyl (C=O) groups excluding carboxylic acids is 2. The third-order valence-corrected chi connectivity index (χ3v) is 5.73. The Bertz CT molecular complexity index is 1250. The van der Waals surface area contributed by atoms with Crippen LogP contribution < -0.4 is 15.3 Å². The number of carbonyl (C=O) groups is 2. The van der Waals surface area contributed by atoms with Crippen molar-refractivity contribution in [1.29, 1.82) is 0 Å². The predicted octanol–water partition coefficient (Wildman–Crippen LogP) is 4.26. The van der Waals surface area contributed by atoms with Crippen LogP contribution in [0, 0.1) is 0 Å². The first-order valence-corrected chi connectivity index (χ1v) is 10.7. The number of hydrogen-bond acceptors (Lipinski definition) is 6. The molecule has 0 saturated heterocycles. The molecule has 1 atom stereocenters. The van der Waals surface area contributed by atoms with Crippen molar-refractivity contribution >= 4 is 40.1 Å². The first kappa shape index (κ1) is 21.9. The standard InChI is InChI=1S/C24H22ClNO6/c1-3-15-10-21-17(12-18(15)25)16(11-23(28)32-21)13-30-22(27)8-9-26-19-6-4-5-7-20(19)31-14(2)24(26)29/h4-7,10-12,14H,3,8-9,13H2,1-2H3/t14-/m1/s1. The highest BCUT2D eigenvalue weighted by molar-refractivity contribution is 6.32. The third-order valence-electron chi connectivity index (χ3n) is 5.38. The molecule has 0 N–H and O–H groups in total. The van der Waals surface area contributed by atoms with Gasteiger partial charge in [-0.25, -0.2) is 4.79 Å². The number of esters is 1. The van der Waals surface area contributed by atoms with Gasteiger partial charge in [-0.3, -0.25) is 9.59 Å². The molecule has 3 aromatic rings. The number of ether oxygens (including phenoxy) is 2. The number of benzene rings is 2. The summed E-state index contributed by atoms with van der Waals surface area (Å²) in [5.74, 6) is -0.115. The lowest BCUT2D eigenvalue weighted by Crippen LogP contribution is -2.45. The van der Waals surface area contributed by atoms with E-state index in [2.05, 4.69) is 0 Å². The van der Waals surface area contributed by atoms with E-state index in [0.29, 0.717) is 39.4 Å². The minimum Gasteiger partial charge on any atom is -0.479 e. The quantitative estimate of drug-likeness (QED) is 0.408. The topological polar surface area (TPSA) is 86.0 Å². The minimum atomic E-state index is -0.631. The summed E-state index contributed by atoms with van der Waals surface area (Å²) in [7, 11) is 0. The van der Waals surface area contributed by atoms with E-state index < -0.39 is 17.7 Å². The number of halogens is 1. The normalized spacial score (nSPS) is 15.4. The molecule has 1 aromatic heterocycles. The molecular formula is C24H22ClNO6. The highest BCUT2D eigenvalue weighted by Gasteiger charge is 2.31. The van der Waals surface area contributed by atoms with Crippen LogP contribution in [0.1, 0.15) is 31.4 Å². The maximum Gasteiger partial charge on any atom is 0.336 e. The van der Waals surface area contributed by atoms with Crippen LogP contribution >= 0.6 is 11.6 Å². The fourth-order valence-corrected chi connectivity index (χ4v) is 4.00. The third kappa shape index (κ3) is 4.34. The molecule has 0 radical (unpaired) electrons. The lowest BCUT2D eigenvalue weighted by atomic mass is 10.1. The Balaban J connectivity index is 1.46. The van der Waals surface area contributed by atoms with Gasteiger partial charge in [0.05, 0.1) is 12.1 Å². The molecule has 0 saturated carbocycles. The average molecular weight is 456 g/mol. The van der Waals surface area contributed by atoms with Crippen molar-refractivity contribution < 1.29 is 23.5 Å². The van der Waals surface area contributed by atoms with Crippen molar-refractivity contribution in [3.05, 3.63) is 69.0 Å². The van der Waals surface area contributed by atoms with E-state index in [9.17, 15) is 14.4 Å². The second-order valence-electron chi connectivity index (χ2n) is 7.51. The molecule has 0 fully saturated rings. The van der Waals surface area contributed by atoms with Crippen molar-refractivity contribution in [1.82, 2.24) is 0 Å². The Kier molecular flexibility index (Phi) is 6.19. The number of hydrogen-bond donors (Lipinski definition) is 0. The van der Waals surface area contributed by atoms with Crippen LogP contribution in [0.25, 0.3) is 11.0 Å². The molecule has 7 nitrogen and oxygen atoms in total. The van der Waals surface area contributed by atoms with Crippen LogP contribution in [0.15, 0.2) is 51.7 Å². The molecule has 2 heterocycles. The Labute approximate surface area is 189 Å². The van der Waals surface area contributed by atoms with E-state index in [0.717, 1.165) is 5.56 Å². The molecule has 0 bridgehead atoms. The van der Waals surface area contributed by atoms with Crippen molar-refractivity contribution in [2.75, 3.05) is 11.4 Å². The Morgan fingerprint density at radius 1 is 1.16 bits per heavy atom. The minimum absolute atomic E-state index is 0.00704. The summed E-state index contributed by atoms with van der Waals surface area (Å²) in [4.78, 5) is 38.5. The highest BCUT2D eigenvalue weighted by atomic mass is 35.5. The molecule has 1 amide bonds. The summed E-state index contributed by atoms with van der Waals surface area (Å²) in [6.07, 6.45) is 0.0562. The number of aryl methyl sites for hydroxylation is 1. The molecule has 2 aromatic carbocycles. The summed E-state index contributed by atoms with van der Waals surface area (Å²) in [6, 6.07) is 11.9. The summed E-state index contributed by atoms with van der Waals surface area (Å²) in [5, 5.41) is 1.17. The molecular weight excluding hydrogens is 434 g/mol. The molecule has 4 rings (SSSR count). The SMILES string of the molecule is CCc1cc2oc(=O)cc(COC(=O)CCN3C(=O)[C@@H](C)Oc4ccccc43)c2cc1Cl. The number of rotatable bonds is 6. The van der Waals surface area contributed by atoms with Crippen LogP contribution in [0.4, 0.5) is 5.69 Å². The lowest BCUT2D eigenvalue weighted by Gasteiger charge is -2.32. The van der Waals surface area contributed by atoms with Crippen molar-refractivity contribution in [2.24, 2.45) is 0 Å². The van der Waals surface area contributed by atoms with E-state index in [-0.39, 0.29) is 25.5 Å². The Morgan fingerprint density at radius 3 is 2.72 bits per heavy atom. The zero-order chi connectivity index (χ0) is 22.8. The molecule has 32 heavy (non-hydrogen) atoms. The number of fused-ring (bicyclic) bond motifs is 2. The zero-order valence-corrected chi connectivity index (χ0v) is 18.5. The fraction of sp³-hybridized carbons (Fsp3) is 0.292. The van der Waals surface area contributed by atoms with Crippen molar-refractivity contribution in [3.8, 4) is 5.75 Å².